The number of nitrogens with one attached hydrogen (secondary N) is 2. The van der Waals surface area contributed by atoms with Gasteiger partial charge in [0.05, 0.1) is 6.54 Å². The van der Waals surface area contributed by atoms with E-state index in [0.717, 1.165) is 0 Å². The van der Waals surface area contributed by atoms with E-state index in [9.17, 15) is 4.79 Å². The smallest absolute Gasteiger partial charge is 0.315 e. The van der Waals surface area contributed by atoms with Gasteiger partial charge >= 0.3 is 6.03 Å². The molecule has 0 radical (unpaired) electrons. The van der Waals surface area contributed by atoms with E-state index in [1.165, 1.54) is 6.39 Å². The van der Waals surface area contributed by atoms with Crippen LogP contribution in [0, 0.1) is 0 Å². The van der Waals surface area contributed by atoms with Crippen molar-refractivity contribution >= 4 is 6.03 Å². The summed E-state index contributed by atoms with van der Waals surface area (Å²) in [5.74, 6) is 0.457. The quantitative estimate of drug-likeness (QED) is 0.707. The van der Waals surface area contributed by atoms with E-state index in [2.05, 4.69) is 25.3 Å². The molecule has 0 aliphatic heterocycles. The number of rotatable bonds is 3. The zero-order chi connectivity index (χ0) is 9.68. The summed E-state index contributed by atoms with van der Waals surface area (Å²) in [5, 5.41) is 8.79. The fourth-order valence-electron chi connectivity index (χ4n) is 0.743. The fraction of sp³-hybridized carbons (Fsp3) is 0.571. The lowest BCUT2D eigenvalue weighted by atomic mass is 10.4. The summed E-state index contributed by atoms with van der Waals surface area (Å²) in [7, 11) is 0. The molecule has 0 fully saturated rings. The Morgan fingerprint density at radius 1 is 1.69 bits per heavy atom. The number of urea groups is 1. The number of hydrogen-bond donors (Lipinski definition) is 2. The summed E-state index contributed by atoms with van der Waals surface area (Å²) >= 11 is 0. The highest BCUT2D eigenvalue weighted by atomic mass is 16.5. The second kappa shape index (κ2) is 4.44. The molecule has 0 bridgehead atoms. The summed E-state index contributed by atoms with van der Waals surface area (Å²) in [5.41, 5.74) is 0. The molecule has 0 saturated carbocycles. The van der Waals surface area contributed by atoms with Gasteiger partial charge in [0.25, 0.3) is 0 Å². The van der Waals surface area contributed by atoms with Crippen LogP contribution in [0.4, 0.5) is 4.79 Å². The number of carbonyl (C=O) groups excluding carboxylic acids is 1. The third-order valence-electron chi connectivity index (χ3n) is 1.23. The Labute approximate surface area is 75.7 Å². The van der Waals surface area contributed by atoms with Gasteiger partial charge in [0, 0.05) is 6.04 Å². The highest BCUT2D eigenvalue weighted by molar-refractivity contribution is 5.73. The standard InChI is InChI=1S/C7H12N4O2/c1-5(2)10-7(12)8-3-6-9-4-13-11-6/h4-5H,3H2,1-2H3,(H2,8,10,12). The molecule has 1 heterocycles. The number of hydrogen-bond acceptors (Lipinski definition) is 4. The Bertz CT molecular complexity index is 257. The normalized spacial score (nSPS) is 10.1. The first-order chi connectivity index (χ1) is 6.18. The first kappa shape index (κ1) is 9.50. The lowest BCUT2D eigenvalue weighted by Gasteiger charge is -2.07. The summed E-state index contributed by atoms with van der Waals surface area (Å²) in [6.07, 6.45) is 1.22. The van der Waals surface area contributed by atoms with Crippen LogP contribution in [-0.4, -0.2) is 22.2 Å². The zero-order valence-corrected chi connectivity index (χ0v) is 7.57. The lowest BCUT2D eigenvalue weighted by molar-refractivity contribution is 0.238. The van der Waals surface area contributed by atoms with Crippen LogP contribution >= 0.6 is 0 Å². The van der Waals surface area contributed by atoms with Crippen LogP contribution in [0.5, 0.6) is 0 Å². The molecule has 0 atom stereocenters. The Hall–Kier alpha value is -1.59. The molecule has 1 aromatic rings. The highest BCUT2D eigenvalue weighted by Crippen LogP contribution is 1.86. The van der Waals surface area contributed by atoms with Gasteiger partial charge in [0.15, 0.2) is 5.82 Å². The van der Waals surface area contributed by atoms with Crippen molar-refractivity contribution < 1.29 is 9.32 Å². The molecule has 6 nitrogen and oxygen atoms in total. The third-order valence-corrected chi connectivity index (χ3v) is 1.23. The summed E-state index contributed by atoms with van der Waals surface area (Å²) in [4.78, 5) is 14.8. The van der Waals surface area contributed by atoms with E-state index in [1.807, 2.05) is 13.8 Å². The van der Waals surface area contributed by atoms with Gasteiger partial charge in [0.2, 0.25) is 6.39 Å². The van der Waals surface area contributed by atoms with Gasteiger partial charge < -0.3 is 15.2 Å². The van der Waals surface area contributed by atoms with Crippen LogP contribution in [-0.2, 0) is 6.54 Å². The Balaban J connectivity index is 2.23. The molecule has 72 valence electrons. The Morgan fingerprint density at radius 3 is 3.00 bits per heavy atom. The van der Waals surface area contributed by atoms with E-state index in [-0.39, 0.29) is 18.6 Å². The van der Waals surface area contributed by atoms with Crippen molar-refractivity contribution in [1.82, 2.24) is 20.8 Å². The molecule has 0 saturated heterocycles. The van der Waals surface area contributed by atoms with Gasteiger partial charge in [-0.3, -0.25) is 0 Å². The molecular formula is C7H12N4O2. The SMILES string of the molecule is CC(C)NC(=O)NCc1ncon1. The van der Waals surface area contributed by atoms with E-state index in [4.69, 9.17) is 0 Å². The van der Waals surface area contributed by atoms with Gasteiger partial charge in [0.1, 0.15) is 0 Å². The third kappa shape index (κ3) is 3.55. The first-order valence-electron chi connectivity index (χ1n) is 3.98. The minimum absolute atomic E-state index is 0.116. The van der Waals surface area contributed by atoms with Crippen LogP contribution in [0.2, 0.25) is 0 Å². The first-order valence-corrected chi connectivity index (χ1v) is 3.98. The lowest BCUT2D eigenvalue weighted by Crippen LogP contribution is -2.39. The molecule has 0 aliphatic carbocycles. The zero-order valence-electron chi connectivity index (χ0n) is 7.57. The predicted octanol–water partition coefficient (Wildman–Crippen LogP) is 0.277. The summed E-state index contributed by atoms with van der Waals surface area (Å²) in [6, 6.07) is -0.120. The van der Waals surface area contributed by atoms with Gasteiger partial charge in [-0.1, -0.05) is 5.16 Å². The average molecular weight is 184 g/mol. The second-order valence-electron chi connectivity index (χ2n) is 2.83. The van der Waals surface area contributed by atoms with Gasteiger partial charge in [-0.2, -0.15) is 4.98 Å². The molecule has 13 heavy (non-hydrogen) atoms. The predicted molar refractivity (Wildman–Crippen MR) is 44.8 cm³/mol. The van der Waals surface area contributed by atoms with E-state index < -0.39 is 0 Å². The van der Waals surface area contributed by atoms with Crippen LogP contribution in [0.25, 0.3) is 0 Å². The Morgan fingerprint density at radius 2 is 2.46 bits per heavy atom. The van der Waals surface area contributed by atoms with Crippen LogP contribution < -0.4 is 10.6 Å². The van der Waals surface area contributed by atoms with Crippen molar-refractivity contribution in [3.8, 4) is 0 Å². The van der Waals surface area contributed by atoms with Crippen molar-refractivity contribution in [3.63, 3.8) is 0 Å². The summed E-state index contributed by atoms with van der Waals surface area (Å²) in [6.45, 7) is 4.04. The molecule has 0 aliphatic rings. The highest BCUT2D eigenvalue weighted by Gasteiger charge is 2.03. The largest absolute Gasteiger partial charge is 0.343 e. The average Bonchev–Trinajstić information content (AvgIpc) is 2.51. The molecule has 0 aromatic carbocycles. The van der Waals surface area contributed by atoms with Crippen molar-refractivity contribution in [3.05, 3.63) is 12.2 Å². The monoisotopic (exact) mass is 184 g/mol. The molecule has 0 spiro atoms. The number of aromatic nitrogens is 2. The van der Waals surface area contributed by atoms with Crippen LogP contribution in [0.1, 0.15) is 19.7 Å². The Kier molecular flexibility index (Phi) is 3.24. The molecular weight excluding hydrogens is 172 g/mol. The summed E-state index contributed by atoms with van der Waals surface area (Å²) < 4.78 is 4.50. The van der Waals surface area contributed by atoms with E-state index in [1.54, 1.807) is 0 Å². The molecule has 2 N–H and O–H groups in total. The topological polar surface area (TPSA) is 80.0 Å². The van der Waals surface area contributed by atoms with Crippen LogP contribution in [0.3, 0.4) is 0 Å². The molecule has 0 unspecified atom stereocenters. The molecule has 2 amide bonds. The van der Waals surface area contributed by atoms with Gasteiger partial charge in [-0.25, -0.2) is 4.79 Å². The maximum atomic E-state index is 11.0. The van der Waals surface area contributed by atoms with Crippen molar-refractivity contribution in [1.29, 1.82) is 0 Å². The minimum atomic E-state index is -0.236. The molecule has 6 heteroatoms. The van der Waals surface area contributed by atoms with Crippen molar-refractivity contribution in [2.75, 3.05) is 0 Å². The minimum Gasteiger partial charge on any atom is -0.343 e. The van der Waals surface area contributed by atoms with E-state index in [0.29, 0.717) is 5.82 Å². The maximum absolute atomic E-state index is 11.0. The number of carbonyl (C=O) groups is 1. The molecule has 1 aromatic heterocycles. The van der Waals surface area contributed by atoms with E-state index >= 15 is 0 Å². The van der Waals surface area contributed by atoms with Crippen molar-refractivity contribution in [2.45, 2.75) is 26.4 Å². The maximum Gasteiger partial charge on any atom is 0.315 e. The van der Waals surface area contributed by atoms with Crippen molar-refractivity contribution in [2.24, 2.45) is 0 Å². The number of nitrogens with zero attached hydrogens (tertiary/aromatic N) is 2. The fourth-order valence-corrected chi connectivity index (χ4v) is 0.743. The van der Waals surface area contributed by atoms with Crippen LogP contribution in [0.15, 0.2) is 10.9 Å². The number of amides is 2. The van der Waals surface area contributed by atoms with Gasteiger partial charge in [-0.05, 0) is 13.8 Å². The van der Waals surface area contributed by atoms with Gasteiger partial charge in [-0.15, -0.1) is 0 Å². The molecule has 1 rings (SSSR count). The second-order valence-corrected chi connectivity index (χ2v) is 2.83.